The second-order valence-electron chi connectivity index (χ2n) is 5.88. The number of amides is 1. The van der Waals surface area contributed by atoms with Crippen LogP contribution in [-0.2, 0) is 4.79 Å². The molecule has 0 fully saturated rings. The van der Waals surface area contributed by atoms with Gasteiger partial charge in [-0.05, 0) is 47.4 Å². The quantitative estimate of drug-likeness (QED) is 0.266. The molecule has 0 spiro atoms. The molecule has 134 valence electrons. The maximum absolute atomic E-state index is 10.9. The minimum atomic E-state index is -0.533. The lowest BCUT2D eigenvalue weighted by Gasteiger charge is -2.12. The van der Waals surface area contributed by atoms with Crippen LogP contribution in [0.25, 0.3) is 11.1 Å². The van der Waals surface area contributed by atoms with Gasteiger partial charge in [-0.15, -0.1) is 11.8 Å². The van der Waals surface area contributed by atoms with Gasteiger partial charge in [0.1, 0.15) is 0 Å². The molecule has 0 unspecified atom stereocenters. The molecular weight excluding hydrogens is 334 g/mol. The van der Waals surface area contributed by atoms with E-state index >= 15 is 0 Å². The van der Waals surface area contributed by atoms with Crippen LogP contribution >= 0.6 is 11.8 Å². The number of hydroxylamine groups is 1. The molecule has 2 aromatic rings. The largest absolute Gasteiger partial charge is 0.388 e. The summed E-state index contributed by atoms with van der Waals surface area (Å²) in [7, 11) is 0. The van der Waals surface area contributed by atoms with Crippen LogP contribution in [0.4, 0.5) is 0 Å². The summed E-state index contributed by atoms with van der Waals surface area (Å²) in [6.07, 6.45) is 1.71. The molecule has 0 aliphatic rings. The van der Waals surface area contributed by atoms with Gasteiger partial charge in [0.15, 0.2) is 0 Å². The van der Waals surface area contributed by atoms with Gasteiger partial charge in [-0.1, -0.05) is 49.7 Å². The number of nitrogens with one attached hydrogen (secondary N) is 1. The van der Waals surface area contributed by atoms with Gasteiger partial charge in [-0.2, -0.15) is 0 Å². The normalized spacial score (nSPS) is 12.0. The highest BCUT2D eigenvalue weighted by Gasteiger charge is 2.08. The predicted molar refractivity (Wildman–Crippen MR) is 102 cm³/mol. The number of rotatable bonds is 9. The summed E-state index contributed by atoms with van der Waals surface area (Å²) in [6.45, 7) is 2.14. The zero-order valence-electron chi connectivity index (χ0n) is 14.4. The summed E-state index contributed by atoms with van der Waals surface area (Å²) < 4.78 is 0. The van der Waals surface area contributed by atoms with Gasteiger partial charge in [0, 0.05) is 11.3 Å². The number of carbonyl (C=O) groups is 1. The average Bonchev–Trinajstić information content (AvgIpc) is 2.66. The van der Waals surface area contributed by atoms with Crippen molar-refractivity contribution in [1.82, 2.24) is 5.48 Å². The van der Waals surface area contributed by atoms with E-state index in [0.29, 0.717) is 12.8 Å². The first-order valence-corrected chi connectivity index (χ1v) is 9.56. The second-order valence-corrected chi connectivity index (χ2v) is 7.21. The van der Waals surface area contributed by atoms with E-state index in [0.717, 1.165) is 28.9 Å². The number of hydrogen-bond donors (Lipinski definition) is 3. The minimum Gasteiger partial charge on any atom is -0.388 e. The fourth-order valence-corrected chi connectivity index (χ4v) is 3.32. The maximum atomic E-state index is 10.9. The lowest BCUT2D eigenvalue weighted by atomic mass is 9.99. The van der Waals surface area contributed by atoms with Crippen LogP contribution in [0.5, 0.6) is 0 Å². The van der Waals surface area contributed by atoms with E-state index in [9.17, 15) is 9.90 Å². The van der Waals surface area contributed by atoms with Crippen molar-refractivity contribution < 1.29 is 15.1 Å². The number of carbonyl (C=O) groups excluding carboxylic acids is 1. The Hall–Kier alpha value is -1.82. The molecule has 2 aromatic carbocycles. The maximum Gasteiger partial charge on any atom is 0.243 e. The van der Waals surface area contributed by atoms with Gasteiger partial charge < -0.3 is 5.11 Å². The van der Waals surface area contributed by atoms with Crippen LogP contribution in [0.15, 0.2) is 53.4 Å². The minimum absolute atomic E-state index is 0.272. The van der Waals surface area contributed by atoms with Gasteiger partial charge in [-0.3, -0.25) is 10.0 Å². The Kier molecular flexibility index (Phi) is 7.98. The Balaban J connectivity index is 1.89. The summed E-state index contributed by atoms with van der Waals surface area (Å²) in [4.78, 5) is 12.2. The lowest BCUT2D eigenvalue weighted by molar-refractivity contribution is -0.129. The topological polar surface area (TPSA) is 69.6 Å². The molecule has 5 heteroatoms. The molecule has 3 N–H and O–H groups in total. The molecule has 0 aromatic heterocycles. The monoisotopic (exact) mass is 359 g/mol. The van der Waals surface area contributed by atoms with E-state index in [1.807, 2.05) is 36.0 Å². The molecule has 1 amide bonds. The molecule has 4 nitrogen and oxygen atoms in total. The Bertz CT molecular complexity index is 656. The van der Waals surface area contributed by atoms with Crippen LogP contribution < -0.4 is 5.48 Å². The molecule has 0 radical (unpaired) electrons. The highest BCUT2D eigenvalue weighted by molar-refractivity contribution is 7.99. The van der Waals surface area contributed by atoms with Gasteiger partial charge in [-0.25, -0.2) is 5.48 Å². The standard InChI is InChI=1S/C20H25NO3S/c1-2-25-18-13-11-16(12-14-18)15-7-9-17(10-8-15)19(22)5-3-4-6-20(23)21-24/h7-14,19,22,24H,2-6H2,1H3,(H,21,23)/t19-/m1/s1. The zero-order valence-corrected chi connectivity index (χ0v) is 15.3. The van der Waals surface area contributed by atoms with E-state index in [1.54, 1.807) is 5.48 Å². The highest BCUT2D eigenvalue weighted by atomic mass is 32.2. The number of benzene rings is 2. The van der Waals surface area contributed by atoms with Crippen molar-refractivity contribution in [2.75, 3.05) is 5.75 Å². The fraction of sp³-hybridized carbons (Fsp3) is 0.350. The van der Waals surface area contributed by atoms with Crippen LogP contribution in [-0.4, -0.2) is 22.0 Å². The summed E-state index contributed by atoms with van der Waals surface area (Å²) in [5.74, 6) is 0.679. The van der Waals surface area contributed by atoms with Crippen LogP contribution in [0.2, 0.25) is 0 Å². The van der Waals surface area contributed by atoms with Gasteiger partial charge in [0.25, 0.3) is 0 Å². The SMILES string of the molecule is CCSc1ccc(-c2ccc([C@H](O)CCCCC(=O)NO)cc2)cc1. The van der Waals surface area contributed by atoms with Crippen LogP contribution in [0.3, 0.4) is 0 Å². The van der Waals surface area contributed by atoms with Crippen molar-refractivity contribution >= 4 is 17.7 Å². The molecule has 0 heterocycles. The Morgan fingerprint density at radius 1 is 1.04 bits per heavy atom. The number of aliphatic hydroxyl groups excluding tert-OH is 1. The molecule has 2 rings (SSSR count). The number of thioether (sulfide) groups is 1. The highest BCUT2D eigenvalue weighted by Crippen LogP contribution is 2.26. The Morgan fingerprint density at radius 3 is 2.20 bits per heavy atom. The summed E-state index contributed by atoms with van der Waals surface area (Å²) >= 11 is 1.83. The van der Waals surface area contributed by atoms with Crippen molar-refractivity contribution in [3.8, 4) is 11.1 Å². The molecule has 0 saturated heterocycles. The summed E-state index contributed by atoms with van der Waals surface area (Å²) in [5, 5.41) is 18.7. The van der Waals surface area contributed by atoms with Crippen molar-refractivity contribution in [1.29, 1.82) is 0 Å². The van der Waals surface area contributed by atoms with Crippen molar-refractivity contribution in [3.63, 3.8) is 0 Å². The molecular formula is C20H25NO3S. The molecule has 0 bridgehead atoms. The number of hydrogen-bond acceptors (Lipinski definition) is 4. The van der Waals surface area contributed by atoms with Gasteiger partial charge >= 0.3 is 0 Å². The number of unbranched alkanes of at least 4 members (excludes halogenated alkanes) is 1. The van der Waals surface area contributed by atoms with Gasteiger partial charge in [0.05, 0.1) is 6.10 Å². The van der Waals surface area contributed by atoms with Crippen LogP contribution in [0.1, 0.15) is 44.3 Å². The first-order valence-electron chi connectivity index (χ1n) is 8.58. The Labute approximate surface area is 153 Å². The van der Waals surface area contributed by atoms with Crippen molar-refractivity contribution in [2.24, 2.45) is 0 Å². The van der Waals surface area contributed by atoms with Gasteiger partial charge in [0.2, 0.25) is 5.91 Å². The molecule has 0 aliphatic carbocycles. The van der Waals surface area contributed by atoms with E-state index < -0.39 is 6.10 Å². The molecule has 1 atom stereocenters. The fourth-order valence-electron chi connectivity index (χ4n) is 2.65. The smallest absolute Gasteiger partial charge is 0.243 e. The summed E-state index contributed by atoms with van der Waals surface area (Å²) in [6, 6.07) is 16.5. The third-order valence-electron chi connectivity index (χ3n) is 4.05. The van der Waals surface area contributed by atoms with Crippen molar-refractivity contribution in [2.45, 2.75) is 43.6 Å². The van der Waals surface area contributed by atoms with E-state index in [1.165, 1.54) is 4.90 Å². The van der Waals surface area contributed by atoms with Crippen LogP contribution in [0, 0.1) is 0 Å². The predicted octanol–water partition coefficient (Wildman–Crippen LogP) is 4.56. The van der Waals surface area contributed by atoms with E-state index in [4.69, 9.17) is 5.21 Å². The third kappa shape index (κ3) is 6.20. The molecule has 0 saturated carbocycles. The summed E-state index contributed by atoms with van der Waals surface area (Å²) in [5.41, 5.74) is 4.79. The van der Waals surface area contributed by atoms with Crippen molar-refractivity contribution in [3.05, 3.63) is 54.1 Å². The third-order valence-corrected chi connectivity index (χ3v) is 4.94. The van der Waals surface area contributed by atoms with E-state index in [2.05, 4.69) is 31.2 Å². The lowest BCUT2D eigenvalue weighted by Crippen LogP contribution is -2.17. The average molecular weight is 359 g/mol. The Morgan fingerprint density at radius 2 is 1.64 bits per heavy atom. The molecule has 0 aliphatic heterocycles. The molecule has 25 heavy (non-hydrogen) atoms. The zero-order chi connectivity index (χ0) is 18.1. The number of aliphatic hydroxyl groups is 1. The first kappa shape index (κ1) is 19.5. The van der Waals surface area contributed by atoms with E-state index in [-0.39, 0.29) is 12.3 Å². The first-order chi connectivity index (χ1) is 12.1. The second kappa shape index (κ2) is 10.2.